The molecule has 0 saturated heterocycles. The standard InChI is InChI=1S/C17H32/c1-10(2)8-9-15-13(5)17(15,7)14(6)16-11(3)12(16)4/h10-16H,8-9H2,1-7H3. The van der Waals surface area contributed by atoms with Gasteiger partial charge in [-0.15, -0.1) is 0 Å². The number of hydrogen-bond acceptors (Lipinski definition) is 0. The average Bonchev–Trinajstić information content (AvgIpc) is 3.02. The molecule has 0 radical (unpaired) electrons. The van der Waals surface area contributed by atoms with Crippen LogP contribution < -0.4 is 0 Å². The smallest absolute Gasteiger partial charge is 0.0238 e. The van der Waals surface area contributed by atoms with Crippen molar-refractivity contribution in [2.24, 2.45) is 46.8 Å². The van der Waals surface area contributed by atoms with Crippen LogP contribution in [0.25, 0.3) is 0 Å². The van der Waals surface area contributed by atoms with E-state index in [1.807, 2.05) is 0 Å². The summed E-state index contributed by atoms with van der Waals surface area (Å²) in [6.07, 6.45) is 2.89. The van der Waals surface area contributed by atoms with E-state index in [1.165, 1.54) is 12.8 Å². The third-order valence-corrected chi connectivity index (χ3v) is 6.79. The van der Waals surface area contributed by atoms with Crippen molar-refractivity contribution in [3.8, 4) is 0 Å². The van der Waals surface area contributed by atoms with Crippen molar-refractivity contribution in [2.75, 3.05) is 0 Å². The van der Waals surface area contributed by atoms with Gasteiger partial charge in [0.05, 0.1) is 0 Å². The van der Waals surface area contributed by atoms with E-state index in [-0.39, 0.29) is 0 Å². The monoisotopic (exact) mass is 236 g/mol. The van der Waals surface area contributed by atoms with Gasteiger partial charge in [0.2, 0.25) is 0 Å². The molecule has 6 atom stereocenters. The molecule has 6 unspecified atom stereocenters. The molecule has 2 saturated carbocycles. The minimum atomic E-state index is 0.665. The lowest BCUT2D eigenvalue weighted by molar-refractivity contribution is 0.259. The minimum Gasteiger partial charge on any atom is -0.0628 e. The van der Waals surface area contributed by atoms with Gasteiger partial charge in [-0.2, -0.15) is 0 Å². The first-order valence-corrected chi connectivity index (χ1v) is 7.81. The zero-order chi connectivity index (χ0) is 13.0. The Morgan fingerprint density at radius 1 is 1.00 bits per heavy atom. The molecule has 0 aromatic carbocycles. The third-order valence-electron chi connectivity index (χ3n) is 6.79. The Balaban J connectivity index is 1.92. The molecule has 0 amide bonds. The minimum absolute atomic E-state index is 0.665. The van der Waals surface area contributed by atoms with Crippen LogP contribution in [0.2, 0.25) is 0 Å². The maximum absolute atomic E-state index is 2.57. The molecule has 2 aliphatic carbocycles. The summed E-state index contributed by atoms with van der Waals surface area (Å²) in [5.74, 6) is 6.80. The Bertz CT molecular complexity index is 272. The maximum atomic E-state index is 2.57. The van der Waals surface area contributed by atoms with Crippen LogP contribution >= 0.6 is 0 Å². The molecule has 17 heavy (non-hydrogen) atoms. The zero-order valence-corrected chi connectivity index (χ0v) is 13.0. The highest BCUT2D eigenvalue weighted by atomic mass is 14.7. The molecule has 0 aromatic rings. The molecule has 2 aliphatic rings. The lowest BCUT2D eigenvalue weighted by Crippen LogP contribution is -2.16. The second-order valence-electron chi connectivity index (χ2n) is 7.82. The van der Waals surface area contributed by atoms with Gasteiger partial charge < -0.3 is 0 Å². The molecule has 0 aromatic heterocycles. The highest BCUT2D eigenvalue weighted by molar-refractivity contribution is 5.12. The summed E-state index contributed by atoms with van der Waals surface area (Å²) < 4.78 is 0. The SMILES string of the molecule is CC(C)CCC1C(C)C1(C)C(C)C1C(C)C1C. The fraction of sp³-hybridized carbons (Fsp3) is 1.00. The van der Waals surface area contributed by atoms with Gasteiger partial charge in [-0.25, -0.2) is 0 Å². The summed E-state index contributed by atoms with van der Waals surface area (Å²) in [5, 5.41) is 0. The predicted molar refractivity (Wildman–Crippen MR) is 75.8 cm³/mol. The molecular formula is C17H32. The first-order valence-electron chi connectivity index (χ1n) is 7.81. The van der Waals surface area contributed by atoms with Crippen molar-refractivity contribution in [3.05, 3.63) is 0 Å². The molecule has 2 rings (SSSR count). The van der Waals surface area contributed by atoms with Gasteiger partial charge in [-0.3, -0.25) is 0 Å². The van der Waals surface area contributed by atoms with Gasteiger partial charge in [0, 0.05) is 0 Å². The fourth-order valence-electron chi connectivity index (χ4n) is 4.71. The van der Waals surface area contributed by atoms with E-state index < -0.39 is 0 Å². The summed E-state index contributed by atoms with van der Waals surface area (Å²) in [6, 6.07) is 0. The summed E-state index contributed by atoms with van der Waals surface area (Å²) in [6.45, 7) is 17.2. The van der Waals surface area contributed by atoms with Crippen LogP contribution in [0.1, 0.15) is 61.3 Å². The van der Waals surface area contributed by atoms with E-state index in [9.17, 15) is 0 Å². The molecule has 0 N–H and O–H groups in total. The van der Waals surface area contributed by atoms with Crippen LogP contribution in [0.4, 0.5) is 0 Å². The van der Waals surface area contributed by atoms with E-state index in [2.05, 4.69) is 48.5 Å². The van der Waals surface area contributed by atoms with E-state index in [0.717, 1.165) is 41.4 Å². The van der Waals surface area contributed by atoms with Crippen LogP contribution in [-0.2, 0) is 0 Å². The van der Waals surface area contributed by atoms with Crippen LogP contribution in [0.3, 0.4) is 0 Å². The lowest BCUT2D eigenvalue weighted by Gasteiger charge is -2.22. The van der Waals surface area contributed by atoms with Gasteiger partial charge in [0.1, 0.15) is 0 Å². The van der Waals surface area contributed by atoms with E-state index in [0.29, 0.717) is 5.41 Å². The topological polar surface area (TPSA) is 0 Å². The molecule has 2 fully saturated rings. The highest BCUT2D eigenvalue weighted by Crippen LogP contribution is 2.70. The first kappa shape index (κ1) is 13.4. The van der Waals surface area contributed by atoms with Crippen molar-refractivity contribution >= 4 is 0 Å². The van der Waals surface area contributed by atoms with E-state index in [4.69, 9.17) is 0 Å². The van der Waals surface area contributed by atoms with Crippen LogP contribution in [0, 0.1) is 46.8 Å². The Morgan fingerprint density at radius 3 is 1.94 bits per heavy atom. The summed E-state index contributed by atoms with van der Waals surface area (Å²) in [4.78, 5) is 0. The molecule has 0 nitrogen and oxygen atoms in total. The molecule has 0 spiro atoms. The van der Waals surface area contributed by atoms with Crippen molar-refractivity contribution < 1.29 is 0 Å². The average molecular weight is 236 g/mol. The van der Waals surface area contributed by atoms with E-state index >= 15 is 0 Å². The van der Waals surface area contributed by atoms with Gasteiger partial charge >= 0.3 is 0 Å². The van der Waals surface area contributed by atoms with Crippen LogP contribution in [-0.4, -0.2) is 0 Å². The quantitative estimate of drug-likeness (QED) is 0.613. The summed E-state index contributed by atoms with van der Waals surface area (Å²) in [7, 11) is 0. The normalized spacial score (nSPS) is 50.5. The molecule has 0 aliphatic heterocycles. The van der Waals surface area contributed by atoms with E-state index in [1.54, 1.807) is 0 Å². The maximum Gasteiger partial charge on any atom is -0.0238 e. The Labute approximate surface area is 109 Å². The van der Waals surface area contributed by atoms with Crippen molar-refractivity contribution in [3.63, 3.8) is 0 Å². The highest BCUT2D eigenvalue weighted by Gasteiger charge is 2.64. The molecule has 0 heteroatoms. The molecular weight excluding hydrogens is 204 g/mol. The molecule has 100 valence electrons. The fourth-order valence-corrected chi connectivity index (χ4v) is 4.71. The summed E-state index contributed by atoms with van der Waals surface area (Å²) in [5.41, 5.74) is 0.665. The predicted octanol–water partition coefficient (Wildman–Crippen LogP) is 5.23. The summed E-state index contributed by atoms with van der Waals surface area (Å²) >= 11 is 0. The van der Waals surface area contributed by atoms with Crippen LogP contribution in [0.15, 0.2) is 0 Å². The van der Waals surface area contributed by atoms with Crippen LogP contribution in [0.5, 0.6) is 0 Å². The first-order chi connectivity index (χ1) is 7.81. The zero-order valence-electron chi connectivity index (χ0n) is 13.0. The molecule has 0 heterocycles. The number of rotatable bonds is 5. The van der Waals surface area contributed by atoms with Crippen molar-refractivity contribution in [2.45, 2.75) is 61.3 Å². The number of hydrogen-bond donors (Lipinski definition) is 0. The lowest BCUT2D eigenvalue weighted by atomic mass is 9.83. The second kappa shape index (κ2) is 4.28. The van der Waals surface area contributed by atoms with Crippen molar-refractivity contribution in [1.29, 1.82) is 0 Å². The van der Waals surface area contributed by atoms with Gasteiger partial charge in [-0.1, -0.05) is 54.9 Å². The Kier molecular flexibility index (Phi) is 3.38. The Morgan fingerprint density at radius 2 is 1.53 bits per heavy atom. The molecule has 0 bridgehead atoms. The largest absolute Gasteiger partial charge is 0.0628 e. The van der Waals surface area contributed by atoms with Crippen molar-refractivity contribution in [1.82, 2.24) is 0 Å². The van der Waals surface area contributed by atoms with Gasteiger partial charge in [-0.05, 0) is 53.3 Å². The second-order valence-corrected chi connectivity index (χ2v) is 7.82. The van der Waals surface area contributed by atoms with Gasteiger partial charge in [0.15, 0.2) is 0 Å². The third kappa shape index (κ3) is 2.06. The van der Waals surface area contributed by atoms with Gasteiger partial charge in [0.25, 0.3) is 0 Å². The Hall–Kier alpha value is 0.